The molecule has 0 radical (unpaired) electrons. The molecule has 1 saturated heterocycles. The van der Waals surface area contributed by atoms with Crippen molar-refractivity contribution in [3.05, 3.63) is 20.6 Å². The van der Waals surface area contributed by atoms with Gasteiger partial charge in [-0.05, 0) is 5.53 Å². The fraction of sp³-hybridized carbons (Fsp3) is 0.750. The van der Waals surface area contributed by atoms with Crippen molar-refractivity contribution in [1.29, 1.82) is 0 Å². The van der Waals surface area contributed by atoms with Crippen LogP contribution in [0.15, 0.2) is 5.11 Å². The van der Waals surface area contributed by atoms with Crippen LogP contribution in [0.4, 0.5) is 0 Å². The molecule has 1 unspecified atom stereocenters. The monoisotopic (exact) mass is 376 g/mol. The van der Waals surface area contributed by atoms with Gasteiger partial charge in [0.05, 0.1) is 0 Å². The molecule has 1 aliphatic heterocycles. The summed E-state index contributed by atoms with van der Waals surface area (Å²) in [4.78, 5) is 51.3. The smallest absolute Gasteiger partial charge is 0.303 e. The number of carbonyl (C=O) groups is 3. The van der Waals surface area contributed by atoms with Crippen LogP contribution >= 0.6 is 0 Å². The van der Waals surface area contributed by atoms with Crippen molar-refractivity contribution in [1.82, 2.24) is 0 Å². The lowest BCUT2D eigenvalue weighted by Crippen LogP contribution is -2.61. The average Bonchev–Trinajstić information content (AvgIpc) is 2.49. The van der Waals surface area contributed by atoms with E-state index in [-0.39, 0.29) is 0 Å². The van der Waals surface area contributed by atoms with Crippen molar-refractivity contribution in [2.75, 3.05) is 6.61 Å². The van der Waals surface area contributed by atoms with E-state index in [4.69, 9.17) is 24.5 Å². The van der Waals surface area contributed by atoms with E-state index in [0.29, 0.717) is 0 Å². The Bertz CT molecular complexity index is 619. The third-order valence-corrected chi connectivity index (χ3v) is 3.04. The average molecular weight is 376 g/mol. The fourth-order valence-corrected chi connectivity index (χ4v) is 2.24. The summed E-state index contributed by atoms with van der Waals surface area (Å²) in [7, 11) is 0. The van der Waals surface area contributed by atoms with Crippen LogP contribution in [-0.2, 0) is 38.2 Å². The molecular formula is C12H16N4O10. The molecule has 144 valence electrons. The van der Waals surface area contributed by atoms with E-state index in [2.05, 4.69) is 14.9 Å². The van der Waals surface area contributed by atoms with Gasteiger partial charge >= 0.3 is 17.9 Å². The van der Waals surface area contributed by atoms with Crippen molar-refractivity contribution in [2.24, 2.45) is 5.11 Å². The molecule has 0 saturated carbocycles. The summed E-state index contributed by atoms with van der Waals surface area (Å²) in [6, 6.07) is -1.55. The van der Waals surface area contributed by atoms with Crippen molar-refractivity contribution in [3.8, 4) is 0 Å². The molecule has 0 spiro atoms. The van der Waals surface area contributed by atoms with Crippen LogP contribution in [0.1, 0.15) is 20.8 Å². The highest BCUT2D eigenvalue weighted by molar-refractivity contribution is 5.68. The van der Waals surface area contributed by atoms with E-state index in [0.717, 1.165) is 20.8 Å². The number of esters is 3. The predicted octanol–water partition coefficient (Wildman–Crippen LogP) is 0.0250. The standard InChI is InChI=1S/C12H16N4O10/c1-5(17)22-4-8-10(23-6(2)18)11(24-7(3)19)9(14-15-13)12(25-8)26-16(20)21/h8-12H,4H2,1-3H3/t8-,9-,10-,11-,12?/m1/s1. The fourth-order valence-electron chi connectivity index (χ4n) is 2.24. The number of ether oxygens (including phenoxy) is 4. The molecule has 5 atom stereocenters. The van der Waals surface area contributed by atoms with Gasteiger partial charge in [-0.2, -0.15) is 0 Å². The SMILES string of the molecule is CC(=O)OC[C@H]1OC(O[N+](=O)[O-])[C@H](N=[N+]=[N-])[C@@H](OC(C)=O)[C@@H]1OC(C)=O. The summed E-state index contributed by atoms with van der Waals surface area (Å²) in [6.45, 7) is 2.68. The Labute approximate surface area is 146 Å². The van der Waals surface area contributed by atoms with Crippen LogP contribution in [-0.4, -0.2) is 60.2 Å². The molecular weight excluding hydrogens is 360 g/mol. The Morgan fingerprint density at radius 3 is 2.19 bits per heavy atom. The zero-order valence-electron chi connectivity index (χ0n) is 14.0. The van der Waals surface area contributed by atoms with Gasteiger partial charge in [-0.1, -0.05) is 5.11 Å². The lowest BCUT2D eigenvalue weighted by atomic mass is 9.97. The summed E-state index contributed by atoms with van der Waals surface area (Å²) in [5, 5.41) is 12.8. The summed E-state index contributed by atoms with van der Waals surface area (Å²) >= 11 is 0. The van der Waals surface area contributed by atoms with Gasteiger partial charge in [0.2, 0.25) is 6.29 Å². The first-order valence-electron chi connectivity index (χ1n) is 7.14. The molecule has 1 rings (SSSR count). The van der Waals surface area contributed by atoms with E-state index in [1.54, 1.807) is 0 Å². The van der Waals surface area contributed by atoms with Gasteiger partial charge in [0.25, 0.3) is 5.09 Å². The summed E-state index contributed by atoms with van der Waals surface area (Å²) < 4.78 is 20.1. The van der Waals surface area contributed by atoms with Gasteiger partial charge in [-0.3, -0.25) is 19.2 Å². The first-order valence-corrected chi connectivity index (χ1v) is 7.14. The first kappa shape index (κ1) is 20.9. The molecule has 0 aromatic carbocycles. The Morgan fingerprint density at radius 1 is 1.15 bits per heavy atom. The molecule has 0 aliphatic carbocycles. The lowest BCUT2D eigenvalue weighted by molar-refractivity contribution is -0.783. The number of rotatable bonds is 7. The van der Waals surface area contributed by atoms with E-state index in [1.165, 1.54) is 0 Å². The van der Waals surface area contributed by atoms with Crippen LogP contribution in [0.5, 0.6) is 0 Å². The molecule has 0 aromatic heterocycles. The molecule has 26 heavy (non-hydrogen) atoms. The number of nitrogens with zero attached hydrogens (tertiary/aromatic N) is 4. The minimum atomic E-state index is -1.79. The molecule has 0 N–H and O–H groups in total. The Hall–Kier alpha value is -3.12. The van der Waals surface area contributed by atoms with Gasteiger partial charge in [-0.25, -0.2) is 0 Å². The van der Waals surface area contributed by atoms with Gasteiger partial charge in [0.15, 0.2) is 12.2 Å². The minimum absolute atomic E-state index is 0.494. The number of hydrogen-bond acceptors (Lipinski definition) is 11. The second-order valence-corrected chi connectivity index (χ2v) is 5.02. The van der Waals surface area contributed by atoms with Crippen LogP contribution in [0.3, 0.4) is 0 Å². The highest BCUT2D eigenvalue weighted by Crippen LogP contribution is 2.29. The number of hydrogen-bond donors (Lipinski definition) is 0. The maximum absolute atomic E-state index is 11.4. The molecule has 14 nitrogen and oxygen atoms in total. The number of azide groups is 1. The van der Waals surface area contributed by atoms with Crippen LogP contribution in [0.25, 0.3) is 10.4 Å². The Morgan fingerprint density at radius 2 is 1.73 bits per heavy atom. The zero-order valence-corrected chi connectivity index (χ0v) is 14.0. The van der Waals surface area contributed by atoms with E-state index >= 15 is 0 Å². The summed E-state index contributed by atoms with van der Waals surface area (Å²) in [5.41, 5.74) is 8.69. The molecule has 0 bridgehead atoms. The second-order valence-electron chi connectivity index (χ2n) is 5.02. The maximum Gasteiger partial charge on any atom is 0.303 e. The van der Waals surface area contributed by atoms with Gasteiger partial charge in [-0.15, -0.1) is 10.1 Å². The van der Waals surface area contributed by atoms with Crippen molar-refractivity contribution in [2.45, 2.75) is 51.4 Å². The van der Waals surface area contributed by atoms with Gasteiger partial charge in [0, 0.05) is 25.7 Å². The Balaban J connectivity index is 3.28. The quantitative estimate of drug-likeness (QED) is 0.111. The summed E-state index contributed by atoms with van der Waals surface area (Å²) in [6.07, 6.45) is -5.94. The topological polar surface area (TPSA) is 189 Å². The highest BCUT2D eigenvalue weighted by atomic mass is 17.0. The van der Waals surface area contributed by atoms with Crippen molar-refractivity contribution < 1.29 is 43.3 Å². The molecule has 1 aliphatic rings. The highest BCUT2D eigenvalue weighted by Gasteiger charge is 2.51. The molecule has 0 amide bonds. The normalized spacial score (nSPS) is 27.4. The zero-order chi connectivity index (χ0) is 19.9. The van der Waals surface area contributed by atoms with Crippen molar-refractivity contribution in [3.63, 3.8) is 0 Å². The largest absolute Gasteiger partial charge is 0.463 e. The van der Waals surface area contributed by atoms with Gasteiger partial charge < -0.3 is 18.9 Å². The Kier molecular flexibility index (Phi) is 7.55. The minimum Gasteiger partial charge on any atom is -0.463 e. The molecule has 1 fully saturated rings. The van der Waals surface area contributed by atoms with Gasteiger partial charge in [0.1, 0.15) is 18.8 Å². The predicted molar refractivity (Wildman–Crippen MR) is 77.4 cm³/mol. The van der Waals surface area contributed by atoms with E-state index in [9.17, 15) is 24.5 Å². The van der Waals surface area contributed by atoms with Crippen LogP contribution in [0, 0.1) is 10.1 Å². The maximum atomic E-state index is 11.4. The third kappa shape index (κ3) is 6.07. The van der Waals surface area contributed by atoms with E-state index < -0.39 is 60.2 Å². The second kappa shape index (κ2) is 9.39. The van der Waals surface area contributed by atoms with Crippen LogP contribution < -0.4 is 0 Å². The molecule has 1 heterocycles. The van der Waals surface area contributed by atoms with Crippen molar-refractivity contribution >= 4 is 17.9 Å². The molecule has 14 heteroatoms. The number of carbonyl (C=O) groups excluding carboxylic acids is 3. The lowest BCUT2D eigenvalue weighted by Gasteiger charge is -2.42. The first-order chi connectivity index (χ1) is 12.1. The summed E-state index contributed by atoms with van der Waals surface area (Å²) in [5.74, 6) is -2.36. The van der Waals surface area contributed by atoms with Crippen LogP contribution in [0.2, 0.25) is 0 Å². The van der Waals surface area contributed by atoms with E-state index in [1.807, 2.05) is 0 Å². The molecule has 0 aromatic rings. The third-order valence-electron chi connectivity index (χ3n) is 3.04.